The van der Waals surface area contributed by atoms with Crippen molar-refractivity contribution in [1.82, 2.24) is 9.78 Å². The maximum Gasteiger partial charge on any atom is 0.408 e. The smallest absolute Gasteiger partial charge is 0.408 e. The van der Waals surface area contributed by atoms with Gasteiger partial charge in [-0.2, -0.15) is 18.3 Å². The minimum atomic E-state index is -4.57. The number of benzene rings is 1. The van der Waals surface area contributed by atoms with Crippen LogP contribution in [-0.4, -0.2) is 21.1 Å². The first-order valence-electron chi connectivity index (χ1n) is 8.20. The van der Waals surface area contributed by atoms with Crippen LogP contribution in [0.5, 0.6) is 5.75 Å². The van der Waals surface area contributed by atoms with Crippen LogP contribution in [0.3, 0.4) is 0 Å². The minimum Gasteiger partial charge on any atom is -0.505 e. The first kappa shape index (κ1) is 28.0. The van der Waals surface area contributed by atoms with Crippen molar-refractivity contribution in [3.8, 4) is 16.9 Å². The van der Waals surface area contributed by atoms with Crippen LogP contribution in [-0.2, 0) is 45.7 Å². The van der Waals surface area contributed by atoms with Crippen molar-refractivity contribution < 1.29 is 51.0 Å². The van der Waals surface area contributed by atoms with E-state index in [-0.39, 0.29) is 63.6 Å². The first-order chi connectivity index (χ1) is 11.7. The number of nitrogens with zero attached hydrogens (tertiary/aromatic N) is 2. The second-order valence-corrected chi connectivity index (χ2v) is 5.31. The van der Waals surface area contributed by atoms with Crippen LogP contribution < -0.4 is 5.56 Å². The van der Waals surface area contributed by atoms with Gasteiger partial charge in [-0.05, 0) is 24.5 Å². The standard InChI is InChI=1S/C16H17F3N2O2.C2H6.CH3.Y/c1-3-6-12-14(22)13(11-8-5-4-7-10(11)2)15(23)21(20-12)9-16(17,18)19;1-2;;/h4-5,7-8,22H,3,6,9H2,1-2H3;1-2H3;1H3;/q;;-1;. The molecule has 0 saturated carbocycles. The average Bonchev–Trinajstić information content (AvgIpc) is 2.55. The molecule has 0 aliphatic rings. The molecule has 1 aromatic heterocycles. The number of aryl methyl sites for hydroxylation is 2. The third-order valence-electron chi connectivity index (χ3n) is 3.43. The molecule has 1 heterocycles. The Morgan fingerprint density at radius 1 is 1.19 bits per heavy atom. The topological polar surface area (TPSA) is 55.1 Å². The molecule has 0 aliphatic carbocycles. The van der Waals surface area contributed by atoms with Crippen LogP contribution in [0.1, 0.15) is 38.4 Å². The normalized spacial score (nSPS) is 10.2. The van der Waals surface area contributed by atoms with Crippen molar-refractivity contribution in [2.45, 2.75) is 53.3 Å². The van der Waals surface area contributed by atoms with Crippen molar-refractivity contribution in [2.24, 2.45) is 0 Å². The molecule has 0 atom stereocenters. The Bertz CT molecular complexity index is 775. The number of rotatable bonds is 4. The molecule has 2 aromatic rings. The molecule has 27 heavy (non-hydrogen) atoms. The van der Waals surface area contributed by atoms with E-state index in [1.807, 2.05) is 20.8 Å². The van der Waals surface area contributed by atoms with Gasteiger partial charge in [0.15, 0.2) is 5.75 Å². The molecule has 0 saturated heterocycles. The molecule has 0 spiro atoms. The second-order valence-electron chi connectivity index (χ2n) is 5.31. The van der Waals surface area contributed by atoms with Gasteiger partial charge in [0, 0.05) is 32.7 Å². The zero-order chi connectivity index (χ0) is 19.2. The van der Waals surface area contributed by atoms with Crippen molar-refractivity contribution >= 4 is 0 Å². The summed E-state index contributed by atoms with van der Waals surface area (Å²) in [6, 6.07) is 6.73. The van der Waals surface area contributed by atoms with Crippen molar-refractivity contribution in [3.63, 3.8) is 0 Å². The molecule has 1 aromatic carbocycles. The minimum absolute atomic E-state index is 0. The summed E-state index contributed by atoms with van der Waals surface area (Å²) in [5, 5.41) is 14.0. The van der Waals surface area contributed by atoms with Gasteiger partial charge >= 0.3 is 6.18 Å². The number of halogens is 3. The van der Waals surface area contributed by atoms with E-state index >= 15 is 0 Å². The zero-order valence-electron chi connectivity index (χ0n) is 16.4. The maximum atomic E-state index is 12.7. The zero-order valence-corrected chi connectivity index (χ0v) is 19.2. The van der Waals surface area contributed by atoms with E-state index < -0.39 is 18.3 Å². The van der Waals surface area contributed by atoms with Crippen LogP contribution >= 0.6 is 0 Å². The average molecular weight is 460 g/mol. The van der Waals surface area contributed by atoms with Gasteiger partial charge in [0.1, 0.15) is 12.2 Å². The van der Waals surface area contributed by atoms with Gasteiger partial charge in [-0.1, -0.05) is 51.5 Å². The second kappa shape index (κ2) is 12.3. The van der Waals surface area contributed by atoms with Gasteiger partial charge in [0.05, 0.1) is 5.56 Å². The summed E-state index contributed by atoms with van der Waals surface area (Å²) in [7, 11) is 0. The summed E-state index contributed by atoms with van der Waals surface area (Å²) in [6.45, 7) is 6.05. The van der Waals surface area contributed by atoms with E-state index in [2.05, 4.69) is 5.10 Å². The predicted octanol–water partition coefficient (Wildman–Crippen LogP) is 4.91. The molecule has 0 amide bonds. The molecule has 1 radical (unpaired) electrons. The fraction of sp³-hybridized carbons (Fsp3) is 0.421. The van der Waals surface area contributed by atoms with Crippen molar-refractivity contribution in [3.05, 3.63) is 53.3 Å². The quantitative estimate of drug-likeness (QED) is 0.660. The number of hydrogen-bond acceptors (Lipinski definition) is 3. The summed E-state index contributed by atoms with van der Waals surface area (Å²) in [5.41, 5.74) is 0.104. The molecule has 0 fully saturated rings. The van der Waals surface area contributed by atoms with Crippen LogP contribution in [0, 0.1) is 14.4 Å². The van der Waals surface area contributed by atoms with Gasteiger partial charge in [0.2, 0.25) is 0 Å². The fourth-order valence-corrected chi connectivity index (χ4v) is 2.39. The number of aromatic nitrogens is 2. The molecule has 0 aliphatic heterocycles. The molecular formula is C19H26F3N2O2Y-. The Morgan fingerprint density at radius 3 is 2.22 bits per heavy atom. The monoisotopic (exact) mass is 460 g/mol. The Kier molecular flexibility index (Phi) is 12.8. The fourth-order valence-electron chi connectivity index (χ4n) is 2.39. The van der Waals surface area contributed by atoms with E-state index in [0.717, 1.165) is 0 Å². The maximum absolute atomic E-state index is 12.7. The number of hydrogen-bond donors (Lipinski definition) is 1. The largest absolute Gasteiger partial charge is 0.505 e. The molecule has 2 rings (SSSR count). The number of alkyl halides is 3. The molecule has 1 N–H and O–H groups in total. The molecule has 149 valence electrons. The van der Waals surface area contributed by atoms with Gasteiger partial charge in [0.25, 0.3) is 5.56 Å². The van der Waals surface area contributed by atoms with E-state index in [1.54, 1.807) is 31.2 Å². The van der Waals surface area contributed by atoms with Crippen LogP contribution in [0.15, 0.2) is 29.1 Å². The van der Waals surface area contributed by atoms with Crippen LogP contribution in [0.4, 0.5) is 13.2 Å². The van der Waals surface area contributed by atoms with Crippen LogP contribution in [0.25, 0.3) is 11.1 Å². The van der Waals surface area contributed by atoms with Crippen molar-refractivity contribution in [2.75, 3.05) is 0 Å². The predicted molar refractivity (Wildman–Crippen MR) is 98.1 cm³/mol. The summed E-state index contributed by atoms with van der Waals surface area (Å²) in [6.07, 6.45) is -3.71. The van der Waals surface area contributed by atoms with Crippen molar-refractivity contribution in [1.29, 1.82) is 0 Å². The SMILES string of the molecule is CC.CCCc1nn(CC(F)(F)F)c(=O)c(-c2ccccc2C)c1O.[CH3-].[Y]. The van der Waals surface area contributed by atoms with Gasteiger partial charge in [-0.3, -0.25) is 4.79 Å². The molecule has 0 unspecified atom stereocenters. The summed E-state index contributed by atoms with van der Waals surface area (Å²) < 4.78 is 38.5. The Balaban J connectivity index is 0. The van der Waals surface area contributed by atoms with Gasteiger partial charge in [-0.15, -0.1) is 0 Å². The Hall–Kier alpha value is -1.21. The van der Waals surface area contributed by atoms with Crippen LogP contribution in [0.2, 0.25) is 0 Å². The summed E-state index contributed by atoms with van der Waals surface area (Å²) >= 11 is 0. The van der Waals surface area contributed by atoms with Gasteiger partial charge < -0.3 is 12.5 Å². The Morgan fingerprint density at radius 2 is 1.74 bits per heavy atom. The molecule has 0 bridgehead atoms. The first-order valence-corrected chi connectivity index (χ1v) is 8.20. The summed E-state index contributed by atoms with van der Waals surface area (Å²) in [4.78, 5) is 12.4. The molecule has 4 nitrogen and oxygen atoms in total. The number of aromatic hydroxyl groups is 1. The van der Waals surface area contributed by atoms with E-state index in [9.17, 15) is 23.1 Å². The Labute approximate surface area is 183 Å². The third-order valence-corrected chi connectivity index (χ3v) is 3.43. The molecule has 8 heteroatoms. The van der Waals surface area contributed by atoms with E-state index in [1.165, 1.54) is 0 Å². The van der Waals surface area contributed by atoms with E-state index in [4.69, 9.17) is 0 Å². The van der Waals surface area contributed by atoms with E-state index in [0.29, 0.717) is 22.2 Å². The van der Waals surface area contributed by atoms with Gasteiger partial charge in [-0.25, -0.2) is 4.68 Å². The molecular weight excluding hydrogens is 434 g/mol. The summed E-state index contributed by atoms with van der Waals surface area (Å²) in [5.74, 6) is -0.343. The third kappa shape index (κ3) is 7.37.